The molecule has 0 radical (unpaired) electrons. The molecule has 3 unspecified atom stereocenters. The third-order valence-electron chi connectivity index (χ3n) is 9.21. The Morgan fingerprint density at radius 3 is 2.77 bits per heavy atom. The average molecular weight is 360 g/mol. The quantitative estimate of drug-likeness (QED) is 0.686. The predicted molar refractivity (Wildman–Crippen MR) is 105 cm³/mol. The van der Waals surface area contributed by atoms with E-state index in [0.29, 0.717) is 36.3 Å². The van der Waals surface area contributed by atoms with Crippen molar-refractivity contribution < 1.29 is 9.53 Å². The number of ether oxygens (including phenoxy) is 1. The number of carbonyl (C=O) groups is 1. The predicted octanol–water partition coefficient (Wildman–Crippen LogP) is 4.67. The minimum atomic E-state index is 0.0416. The molecule has 4 rings (SSSR count). The summed E-state index contributed by atoms with van der Waals surface area (Å²) in [6.07, 6.45) is 10.5. The number of piperidine rings is 1. The van der Waals surface area contributed by atoms with E-state index in [0.717, 1.165) is 18.3 Å². The van der Waals surface area contributed by atoms with Crippen molar-refractivity contribution in [3.05, 3.63) is 12.7 Å². The highest BCUT2D eigenvalue weighted by Crippen LogP contribution is 2.66. The number of nitrogens with zero attached hydrogens (tertiary/aromatic N) is 1. The highest BCUT2D eigenvalue weighted by atomic mass is 16.5. The van der Waals surface area contributed by atoms with Crippen molar-refractivity contribution in [2.45, 2.75) is 77.9 Å². The van der Waals surface area contributed by atoms with E-state index in [2.05, 4.69) is 32.3 Å². The van der Waals surface area contributed by atoms with E-state index >= 15 is 0 Å². The van der Waals surface area contributed by atoms with E-state index in [1.807, 2.05) is 13.1 Å². The molecule has 0 bridgehead atoms. The van der Waals surface area contributed by atoms with Gasteiger partial charge in [0.2, 0.25) is 5.91 Å². The maximum absolute atomic E-state index is 12.7. The molecule has 1 heterocycles. The third-order valence-corrected chi connectivity index (χ3v) is 9.21. The van der Waals surface area contributed by atoms with Crippen LogP contribution in [0.4, 0.5) is 0 Å². The van der Waals surface area contributed by atoms with Crippen molar-refractivity contribution in [3.8, 4) is 0 Å². The van der Waals surface area contributed by atoms with Crippen LogP contribution < -0.4 is 0 Å². The first kappa shape index (κ1) is 18.5. The average Bonchev–Trinajstić information content (AvgIpc) is 3.00. The number of fused-ring (bicyclic) bond motifs is 5. The minimum Gasteiger partial charge on any atom is -0.373 e. The van der Waals surface area contributed by atoms with E-state index in [1.165, 1.54) is 32.1 Å². The summed E-state index contributed by atoms with van der Waals surface area (Å²) in [4.78, 5) is 14.8. The Morgan fingerprint density at radius 2 is 2.04 bits per heavy atom. The van der Waals surface area contributed by atoms with Gasteiger partial charge in [-0.25, -0.2) is 0 Å². The Balaban J connectivity index is 1.73. The van der Waals surface area contributed by atoms with Gasteiger partial charge in [-0.1, -0.05) is 33.3 Å². The molecule has 3 nitrogen and oxygen atoms in total. The zero-order valence-corrected chi connectivity index (χ0v) is 17.2. The number of amides is 1. The fraction of sp³-hybridized carbons (Fsp3) is 0.870. The Hall–Kier alpha value is -0.830. The molecule has 0 spiro atoms. The summed E-state index contributed by atoms with van der Waals surface area (Å²) in [5.74, 6) is 3.31. The zero-order chi connectivity index (χ0) is 18.7. The normalized spacial score (nSPS) is 50.8. The molecule has 4 aliphatic rings. The lowest BCUT2D eigenvalue weighted by molar-refractivity contribution is -0.202. The molecule has 0 N–H and O–H groups in total. The van der Waals surface area contributed by atoms with E-state index in [-0.39, 0.29) is 17.4 Å². The van der Waals surface area contributed by atoms with Crippen molar-refractivity contribution >= 4 is 5.91 Å². The molecule has 3 aliphatic carbocycles. The molecular formula is C23H37NO2. The molecule has 26 heavy (non-hydrogen) atoms. The third kappa shape index (κ3) is 2.45. The summed E-state index contributed by atoms with van der Waals surface area (Å²) in [6, 6.07) is 0.320. The molecule has 3 saturated carbocycles. The second-order valence-corrected chi connectivity index (χ2v) is 10.3. The SMILES string of the molecule is C=CCOC1CC(=O)N(C)C2CC(C)[C@@H]3[C@@H](CC[C@]4(C)CCC[C@@H]34)[C@@]12C. The van der Waals surface area contributed by atoms with Gasteiger partial charge in [-0.2, -0.15) is 0 Å². The Bertz CT molecular complexity index is 589. The second-order valence-electron chi connectivity index (χ2n) is 10.3. The smallest absolute Gasteiger partial charge is 0.225 e. The highest BCUT2D eigenvalue weighted by molar-refractivity contribution is 5.78. The fourth-order valence-corrected chi connectivity index (χ4v) is 7.86. The van der Waals surface area contributed by atoms with Crippen molar-refractivity contribution in [2.75, 3.05) is 13.7 Å². The van der Waals surface area contributed by atoms with Crippen LogP contribution in [0.15, 0.2) is 12.7 Å². The van der Waals surface area contributed by atoms with Gasteiger partial charge in [0.1, 0.15) is 0 Å². The summed E-state index contributed by atoms with van der Waals surface area (Å²) in [5, 5.41) is 0. The van der Waals surface area contributed by atoms with Gasteiger partial charge in [-0.05, 0) is 61.2 Å². The summed E-state index contributed by atoms with van der Waals surface area (Å²) < 4.78 is 6.28. The first-order valence-corrected chi connectivity index (χ1v) is 10.8. The lowest BCUT2D eigenvalue weighted by Gasteiger charge is -2.65. The van der Waals surface area contributed by atoms with Gasteiger partial charge in [0.25, 0.3) is 0 Å². The molecular weight excluding hydrogens is 322 g/mol. The summed E-state index contributed by atoms with van der Waals surface area (Å²) in [6.45, 7) is 11.9. The van der Waals surface area contributed by atoms with Crippen molar-refractivity contribution in [3.63, 3.8) is 0 Å². The second kappa shape index (κ2) is 6.36. The molecule has 0 aromatic carbocycles. The molecule has 0 aromatic rings. The van der Waals surface area contributed by atoms with Crippen LogP contribution in [-0.4, -0.2) is 36.6 Å². The van der Waals surface area contributed by atoms with Crippen LogP contribution in [0.25, 0.3) is 0 Å². The molecule has 1 aliphatic heterocycles. The van der Waals surface area contributed by atoms with Gasteiger partial charge in [0, 0.05) is 18.5 Å². The number of hydrogen-bond donors (Lipinski definition) is 0. The van der Waals surface area contributed by atoms with Gasteiger partial charge in [-0.3, -0.25) is 4.79 Å². The Labute approximate surface area is 159 Å². The maximum atomic E-state index is 12.7. The maximum Gasteiger partial charge on any atom is 0.225 e. The number of carbonyl (C=O) groups excluding carboxylic acids is 1. The fourth-order valence-electron chi connectivity index (χ4n) is 7.86. The Morgan fingerprint density at radius 1 is 1.27 bits per heavy atom. The number of rotatable bonds is 3. The van der Waals surface area contributed by atoms with Crippen LogP contribution in [0.2, 0.25) is 0 Å². The first-order valence-electron chi connectivity index (χ1n) is 10.8. The monoisotopic (exact) mass is 359 g/mol. The van der Waals surface area contributed by atoms with Gasteiger partial charge in [0.15, 0.2) is 0 Å². The number of likely N-dealkylation sites (tertiary alicyclic amines) is 1. The molecule has 1 amide bonds. The van der Waals surface area contributed by atoms with Crippen LogP contribution in [0.5, 0.6) is 0 Å². The van der Waals surface area contributed by atoms with Gasteiger partial charge < -0.3 is 9.64 Å². The molecule has 3 heteroatoms. The van der Waals surface area contributed by atoms with Crippen molar-refractivity contribution in [1.82, 2.24) is 4.90 Å². The lowest BCUT2D eigenvalue weighted by atomic mass is 9.44. The van der Waals surface area contributed by atoms with Crippen LogP contribution in [-0.2, 0) is 9.53 Å². The largest absolute Gasteiger partial charge is 0.373 e. The molecule has 8 atom stereocenters. The van der Waals surface area contributed by atoms with Crippen molar-refractivity contribution in [2.24, 2.45) is 34.5 Å². The standard InChI is InChI=1S/C23H37NO2/c1-6-12-26-19-14-20(25)24(5)18-13-15(2)21-16-8-7-10-22(16,3)11-9-17(21)23(18,19)4/h6,15-19,21H,1,7-14H2,2-5H3/t15?,16-,17+,18?,19?,21-,22-,23+/m0/s1. The molecule has 1 saturated heterocycles. The van der Waals surface area contributed by atoms with Crippen LogP contribution in [0.1, 0.15) is 65.7 Å². The van der Waals surface area contributed by atoms with E-state index < -0.39 is 0 Å². The van der Waals surface area contributed by atoms with E-state index in [1.54, 1.807) is 0 Å². The first-order chi connectivity index (χ1) is 12.3. The molecule has 146 valence electrons. The molecule has 4 fully saturated rings. The van der Waals surface area contributed by atoms with Crippen molar-refractivity contribution in [1.29, 1.82) is 0 Å². The zero-order valence-electron chi connectivity index (χ0n) is 17.2. The summed E-state index contributed by atoms with van der Waals surface area (Å²) >= 11 is 0. The topological polar surface area (TPSA) is 29.5 Å². The van der Waals surface area contributed by atoms with Crippen LogP contribution in [0.3, 0.4) is 0 Å². The lowest BCUT2D eigenvalue weighted by Crippen LogP contribution is -2.68. The van der Waals surface area contributed by atoms with Crippen LogP contribution in [0, 0.1) is 34.5 Å². The van der Waals surface area contributed by atoms with Crippen LogP contribution >= 0.6 is 0 Å². The summed E-state index contributed by atoms with van der Waals surface area (Å²) in [5.41, 5.74) is 0.638. The summed E-state index contributed by atoms with van der Waals surface area (Å²) in [7, 11) is 2.03. The van der Waals surface area contributed by atoms with Gasteiger partial charge >= 0.3 is 0 Å². The van der Waals surface area contributed by atoms with E-state index in [9.17, 15) is 4.79 Å². The van der Waals surface area contributed by atoms with Gasteiger partial charge in [-0.15, -0.1) is 6.58 Å². The molecule has 0 aromatic heterocycles. The minimum absolute atomic E-state index is 0.0416. The highest BCUT2D eigenvalue weighted by Gasteiger charge is 2.64. The Kier molecular flexibility index (Phi) is 4.53. The number of hydrogen-bond acceptors (Lipinski definition) is 2. The van der Waals surface area contributed by atoms with E-state index in [4.69, 9.17) is 4.74 Å². The van der Waals surface area contributed by atoms with Gasteiger partial charge in [0.05, 0.1) is 19.1 Å².